The van der Waals surface area contributed by atoms with E-state index in [9.17, 15) is 19.2 Å². The third-order valence-electron chi connectivity index (χ3n) is 7.68. The zero-order chi connectivity index (χ0) is 35.4. The third-order valence-corrected chi connectivity index (χ3v) is 7.93. The first-order valence-electron chi connectivity index (χ1n) is 16.2. The zero-order valence-corrected chi connectivity index (χ0v) is 29.1. The van der Waals surface area contributed by atoms with Gasteiger partial charge in [0, 0.05) is 61.7 Å². The van der Waals surface area contributed by atoms with Crippen molar-refractivity contribution in [2.24, 2.45) is 0 Å². The quantitative estimate of drug-likeness (QED) is 0.111. The molecule has 0 spiro atoms. The lowest BCUT2D eigenvalue weighted by Crippen LogP contribution is -2.44. The number of benzene rings is 3. The fourth-order valence-electron chi connectivity index (χ4n) is 5.09. The van der Waals surface area contributed by atoms with E-state index in [4.69, 9.17) is 30.5 Å². The van der Waals surface area contributed by atoms with Crippen LogP contribution in [0.1, 0.15) is 71.9 Å². The molecule has 0 aromatic heterocycles. The number of carbonyl (C=O) groups excluding carboxylic acids is 4. The molecule has 1 aliphatic rings. The number of halogens is 1. The number of hydrogen-bond donors (Lipinski definition) is 2. The average molecular weight is 694 g/mol. The molecule has 0 atom stereocenters. The Balaban J connectivity index is 1.24. The summed E-state index contributed by atoms with van der Waals surface area (Å²) in [6.07, 6.45) is 1.22. The fourth-order valence-corrected chi connectivity index (χ4v) is 5.21. The van der Waals surface area contributed by atoms with E-state index in [1.165, 1.54) is 7.11 Å². The minimum Gasteiger partial charge on any atom is -0.490 e. The summed E-state index contributed by atoms with van der Waals surface area (Å²) in [7, 11) is 1.33. The van der Waals surface area contributed by atoms with Gasteiger partial charge >= 0.3 is 18.0 Å². The first kappa shape index (κ1) is 37.2. The molecule has 3 aromatic rings. The number of piperidine rings is 1. The van der Waals surface area contributed by atoms with Crippen molar-refractivity contribution in [2.45, 2.75) is 64.8 Å². The van der Waals surface area contributed by atoms with Crippen LogP contribution < -0.4 is 15.4 Å². The largest absolute Gasteiger partial charge is 0.490 e. The summed E-state index contributed by atoms with van der Waals surface area (Å²) in [4.78, 5) is 50.9. The van der Waals surface area contributed by atoms with E-state index in [1.54, 1.807) is 47.4 Å². The molecule has 12 heteroatoms. The zero-order valence-electron chi connectivity index (χ0n) is 28.4. The summed E-state index contributed by atoms with van der Waals surface area (Å²) in [5.74, 6) is -0.338. The summed E-state index contributed by atoms with van der Waals surface area (Å²) in [6.45, 7) is 7.43. The van der Waals surface area contributed by atoms with E-state index < -0.39 is 17.5 Å². The van der Waals surface area contributed by atoms with Gasteiger partial charge in [-0.2, -0.15) is 0 Å². The Labute approximate surface area is 292 Å². The highest BCUT2D eigenvalue weighted by Crippen LogP contribution is 2.23. The molecule has 3 aromatic carbocycles. The molecule has 0 bridgehead atoms. The van der Waals surface area contributed by atoms with Crippen LogP contribution >= 0.6 is 11.6 Å². The van der Waals surface area contributed by atoms with Crippen LogP contribution in [-0.2, 0) is 32.1 Å². The van der Waals surface area contributed by atoms with Gasteiger partial charge in [0.15, 0.2) is 5.78 Å². The molecule has 1 saturated heterocycles. The number of amides is 1. The molecular weight excluding hydrogens is 650 g/mol. The highest BCUT2D eigenvalue weighted by molar-refractivity contribution is 6.30. The van der Waals surface area contributed by atoms with Gasteiger partial charge in [0.2, 0.25) is 0 Å². The lowest BCUT2D eigenvalue weighted by Gasteiger charge is -2.33. The van der Waals surface area contributed by atoms with Crippen molar-refractivity contribution >= 4 is 41.1 Å². The molecule has 0 saturated carbocycles. The number of nitrogens with one attached hydrogen (secondary N) is 2. The molecule has 1 heterocycles. The lowest BCUT2D eigenvalue weighted by atomic mass is 10.1. The standard InChI is InChI=1S/C37H44ClN3O8/c1-37(2,3)49-36(45)41-18-15-31(16-19-41)48-30-13-5-25(6-14-30)22-40-32-21-27(35(44)46-4)7-8-28(32)23-39-24-34(43)47-20-17-33(42)26-9-11-29(38)12-10-26/h5-14,21,31,39-40H,15-20,22-24H2,1-4H3. The molecule has 1 fully saturated rings. The van der Waals surface area contributed by atoms with Crippen LogP contribution in [0, 0.1) is 0 Å². The van der Waals surface area contributed by atoms with E-state index >= 15 is 0 Å². The minimum atomic E-state index is -0.524. The first-order valence-corrected chi connectivity index (χ1v) is 16.6. The van der Waals surface area contributed by atoms with Crippen LogP contribution in [0.25, 0.3) is 0 Å². The second kappa shape index (κ2) is 17.7. The van der Waals surface area contributed by atoms with Gasteiger partial charge in [0.05, 0.1) is 25.8 Å². The summed E-state index contributed by atoms with van der Waals surface area (Å²) < 4.78 is 21.8. The summed E-state index contributed by atoms with van der Waals surface area (Å²) in [5.41, 5.74) is 2.90. The molecule has 1 amide bonds. The number of esters is 2. The highest BCUT2D eigenvalue weighted by Gasteiger charge is 2.27. The van der Waals surface area contributed by atoms with Gasteiger partial charge in [-0.3, -0.25) is 9.59 Å². The number of carbonyl (C=O) groups is 4. The van der Waals surface area contributed by atoms with Crippen LogP contribution in [0.2, 0.25) is 5.02 Å². The number of rotatable bonds is 14. The van der Waals surface area contributed by atoms with Gasteiger partial charge < -0.3 is 34.5 Å². The van der Waals surface area contributed by atoms with Crippen molar-refractivity contribution in [3.8, 4) is 5.75 Å². The van der Waals surface area contributed by atoms with Gasteiger partial charge in [0.1, 0.15) is 17.5 Å². The van der Waals surface area contributed by atoms with Gasteiger partial charge in [0.25, 0.3) is 0 Å². The Hall–Kier alpha value is -4.61. The predicted molar refractivity (Wildman–Crippen MR) is 186 cm³/mol. The number of ketones is 1. The van der Waals surface area contributed by atoms with Crippen LogP contribution in [0.5, 0.6) is 5.75 Å². The predicted octanol–water partition coefficient (Wildman–Crippen LogP) is 6.42. The van der Waals surface area contributed by atoms with E-state index in [-0.39, 0.29) is 37.6 Å². The maximum atomic E-state index is 12.3. The number of Topliss-reactive ketones (excluding diaryl/α,β-unsaturated/α-hetero) is 1. The summed E-state index contributed by atoms with van der Waals surface area (Å²) >= 11 is 5.87. The van der Waals surface area contributed by atoms with Gasteiger partial charge in [-0.1, -0.05) is 29.8 Å². The van der Waals surface area contributed by atoms with Crippen molar-refractivity contribution in [2.75, 3.05) is 38.7 Å². The molecule has 4 rings (SSSR count). The topological polar surface area (TPSA) is 132 Å². The van der Waals surface area contributed by atoms with Crippen LogP contribution in [0.15, 0.2) is 66.7 Å². The van der Waals surface area contributed by atoms with Gasteiger partial charge in [-0.05, 0) is 80.4 Å². The van der Waals surface area contributed by atoms with Crippen LogP contribution in [0.4, 0.5) is 10.5 Å². The number of hydrogen-bond acceptors (Lipinski definition) is 10. The highest BCUT2D eigenvalue weighted by atomic mass is 35.5. The van der Waals surface area contributed by atoms with Gasteiger partial charge in [-0.25, -0.2) is 9.59 Å². The lowest BCUT2D eigenvalue weighted by molar-refractivity contribution is -0.142. The fraction of sp³-hybridized carbons (Fsp3) is 0.405. The summed E-state index contributed by atoms with van der Waals surface area (Å²) in [6, 6.07) is 19.5. The molecule has 0 unspecified atom stereocenters. The molecule has 11 nitrogen and oxygen atoms in total. The second-order valence-corrected chi connectivity index (χ2v) is 13.1. The van der Waals surface area contributed by atoms with E-state index in [2.05, 4.69) is 10.6 Å². The minimum absolute atomic E-state index is 0.00733. The Bertz CT molecular complexity index is 1580. The summed E-state index contributed by atoms with van der Waals surface area (Å²) in [5, 5.41) is 6.99. The molecule has 262 valence electrons. The van der Waals surface area contributed by atoms with E-state index in [0.29, 0.717) is 48.0 Å². The van der Waals surface area contributed by atoms with Crippen LogP contribution in [-0.4, -0.2) is 73.8 Å². The molecule has 2 N–H and O–H groups in total. The Morgan fingerprint density at radius 2 is 1.57 bits per heavy atom. The number of likely N-dealkylation sites (tertiary alicyclic amines) is 1. The average Bonchev–Trinajstić information content (AvgIpc) is 3.07. The maximum Gasteiger partial charge on any atom is 0.410 e. The molecule has 0 aliphatic carbocycles. The Kier molecular flexibility index (Phi) is 13.4. The molecule has 49 heavy (non-hydrogen) atoms. The second-order valence-electron chi connectivity index (χ2n) is 12.6. The Morgan fingerprint density at radius 1 is 0.898 bits per heavy atom. The molecule has 1 aliphatic heterocycles. The van der Waals surface area contributed by atoms with E-state index in [1.807, 2.05) is 45.0 Å². The number of nitrogens with zero attached hydrogens (tertiary/aromatic N) is 1. The SMILES string of the molecule is COC(=O)c1ccc(CNCC(=O)OCCC(=O)c2ccc(Cl)cc2)c(NCc2ccc(OC3CCN(C(=O)OC(C)(C)C)CC3)cc2)c1. The third kappa shape index (κ3) is 12.1. The number of ether oxygens (including phenoxy) is 4. The first-order chi connectivity index (χ1) is 23.4. The number of anilines is 1. The van der Waals surface area contributed by atoms with E-state index in [0.717, 1.165) is 29.7 Å². The van der Waals surface area contributed by atoms with Gasteiger partial charge in [-0.15, -0.1) is 0 Å². The van der Waals surface area contributed by atoms with Crippen molar-refractivity contribution < 1.29 is 38.1 Å². The smallest absolute Gasteiger partial charge is 0.410 e. The Morgan fingerprint density at radius 3 is 2.22 bits per heavy atom. The molecule has 0 radical (unpaired) electrons. The normalized spacial score (nSPS) is 13.4. The van der Waals surface area contributed by atoms with Crippen molar-refractivity contribution in [3.05, 3.63) is 94.0 Å². The maximum absolute atomic E-state index is 12.3. The molecular formula is C37H44ClN3O8. The number of methoxy groups -OCH3 is 1. The van der Waals surface area contributed by atoms with Crippen molar-refractivity contribution in [1.29, 1.82) is 0 Å². The van der Waals surface area contributed by atoms with Crippen LogP contribution in [0.3, 0.4) is 0 Å². The van der Waals surface area contributed by atoms with Crippen molar-refractivity contribution in [1.82, 2.24) is 10.2 Å². The van der Waals surface area contributed by atoms with Crippen molar-refractivity contribution in [3.63, 3.8) is 0 Å². The monoisotopic (exact) mass is 693 g/mol.